The Labute approximate surface area is 215 Å². The van der Waals surface area contributed by atoms with Gasteiger partial charge in [-0.2, -0.15) is 0 Å². The largest absolute Gasteiger partial charge is 0.369 e. The van der Waals surface area contributed by atoms with Gasteiger partial charge < -0.3 is 9.88 Å². The fraction of sp³-hybridized carbons (Fsp3) is 0.233. The molecule has 0 unspecified atom stereocenters. The highest BCUT2D eigenvalue weighted by molar-refractivity contribution is 5.86. The lowest BCUT2D eigenvalue weighted by molar-refractivity contribution is 0.255. The number of piperazine rings is 1. The lowest BCUT2D eigenvalue weighted by Gasteiger charge is -2.36. The van der Waals surface area contributed by atoms with Gasteiger partial charge in [0.05, 0.1) is 17.5 Å². The molecule has 7 heteroatoms. The monoisotopic (exact) mass is 488 g/mol. The molecule has 0 radical (unpaired) electrons. The number of aromatic amines is 1. The zero-order valence-electron chi connectivity index (χ0n) is 20.6. The third-order valence-corrected chi connectivity index (χ3v) is 7.34. The molecule has 3 aromatic heterocycles. The van der Waals surface area contributed by atoms with Crippen LogP contribution in [0, 0.1) is 6.57 Å². The molecule has 37 heavy (non-hydrogen) atoms. The second-order valence-corrected chi connectivity index (χ2v) is 9.53. The van der Waals surface area contributed by atoms with Gasteiger partial charge in [0.25, 0.3) is 5.56 Å². The summed E-state index contributed by atoms with van der Waals surface area (Å²) in [6.45, 7) is 12.4. The van der Waals surface area contributed by atoms with Crippen LogP contribution in [0.1, 0.15) is 12.0 Å². The maximum absolute atomic E-state index is 12.9. The van der Waals surface area contributed by atoms with Crippen LogP contribution in [-0.4, -0.2) is 52.2 Å². The number of aromatic nitrogens is 3. The van der Waals surface area contributed by atoms with Gasteiger partial charge in [-0.1, -0.05) is 6.07 Å². The summed E-state index contributed by atoms with van der Waals surface area (Å²) in [6, 6.07) is 19.6. The Morgan fingerprint density at radius 3 is 2.57 bits per heavy atom. The summed E-state index contributed by atoms with van der Waals surface area (Å²) in [5, 5.41) is 1.80. The molecule has 2 aromatic carbocycles. The second kappa shape index (κ2) is 9.92. The first-order valence-corrected chi connectivity index (χ1v) is 12.7. The van der Waals surface area contributed by atoms with E-state index in [0.717, 1.165) is 56.8 Å². The third kappa shape index (κ3) is 4.59. The molecule has 5 aromatic rings. The molecule has 0 atom stereocenters. The molecule has 1 fully saturated rings. The molecule has 4 heterocycles. The van der Waals surface area contributed by atoms with E-state index in [0.29, 0.717) is 16.6 Å². The Kier molecular flexibility index (Phi) is 6.17. The molecule has 0 aliphatic carbocycles. The first kappa shape index (κ1) is 23.0. The van der Waals surface area contributed by atoms with E-state index in [2.05, 4.69) is 42.9 Å². The van der Waals surface area contributed by atoms with Crippen molar-refractivity contribution >= 4 is 33.2 Å². The molecule has 1 aliphatic heterocycles. The summed E-state index contributed by atoms with van der Waals surface area (Å²) in [4.78, 5) is 29.0. The predicted octanol–water partition coefficient (Wildman–Crippen LogP) is 5.17. The molecule has 0 amide bonds. The Morgan fingerprint density at radius 2 is 1.76 bits per heavy atom. The van der Waals surface area contributed by atoms with E-state index in [9.17, 15) is 4.79 Å². The smallest absolute Gasteiger partial charge is 0.264 e. The number of anilines is 1. The van der Waals surface area contributed by atoms with Crippen molar-refractivity contribution in [3.63, 3.8) is 0 Å². The van der Waals surface area contributed by atoms with Crippen molar-refractivity contribution in [3.8, 4) is 5.69 Å². The fourth-order valence-corrected chi connectivity index (χ4v) is 5.27. The van der Waals surface area contributed by atoms with Crippen LogP contribution in [0.15, 0.2) is 84.0 Å². The number of rotatable bonds is 6. The summed E-state index contributed by atoms with van der Waals surface area (Å²) >= 11 is 0. The number of benzene rings is 2. The van der Waals surface area contributed by atoms with Gasteiger partial charge in [-0.3, -0.25) is 19.2 Å². The molecular formula is C30H28N6O. The molecule has 0 spiro atoms. The highest BCUT2D eigenvalue weighted by Gasteiger charge is 2.17. The number of H-pyrrole nitrogens is 1. The van der Waals surface area contributed by atoms with Gasteiger partial charge in [0.2, 0.25) is 0 Å². The van der Waals surface area contributed by atoms with Crippen molar-refractivity contribution in [2.75, 3.05) is 37.6 Å². The second-order valence-electron chi connectivity index (χ2n) is 9.53. The molecule has 1 N–H and O–H groups in total. The van der Waals surface area contributed by atoms with Crippen LogP contribution in [0.2, 0.25) is 0 Å². The van der Waals surface area contributed by atoms with Gasteiger partial charge in [-0.15, -0.1) is 0 Å². The first-order valence-electron chi connectivity index (χ1n) is 12.7. The summed E-state index contributed by atoms with van der Waals surface area (Å²) in [7, 11) is 0. The summed E-state index contributed by atoms with van der Waals surface area (Å²) in [5.74, 6) is 0. The van der Waals surface area contributed by atoms with Crippen molar-refractivity contribution in [1.82, 2.24) is 19.4 Å². The average Bonchev–Trinajstić information content (AvgIpc) is 3.36. The molecular weight excluding hydrogens is 460 g/mol. The minimum atomic E-state index is -0.0496. The number of fused-ring (bicyclic) bond motifs is 2. The van der Waals surface area contributed by atoms with Crippen LogP contribution in [0.5, 0.6) is 0 Å². The fourth-order valence-electron chi connectivity index (χ4n) is 5.27. The van der Waals surface area contributed by atoms with Crippen molar-refractivity contribution < 1.29 is 0 Å². The van der Waals surface area contributed by atoms with Crippen LogP contribution < -0.4 is 10.5 Å². The van der Waals surface area contributed by atoms with Gasteiger partial charge in [0.15, 0.2) is 5.69 Å². The predicted molar refractivity (Wildman–Crippen MR) is 149 cm³/mol. The molecule has 6 rings (SSSR count). The Balaban J connectivity index is 1.04. The number of aryl methyl sites for hydroxylation is 1. The summed E-state index contributed by atoms with van der Waals surface area (Å²) in [5.41, 5.74) is 5.80. The number of nitrogens with one attached hydrogen (secondary N) is 1. The summed E-state index contributed by atoms with van der Waals surface area (Å²) < 4.78 is 1.68. The normalized spacial score (nSPS) is 14.3. The van der Waals surface area contributed by atoms with E-state index in [4.69, 9.17) is 6.57 Å². The van der Waals surface area contributed by atoms with Crippen molar-refractivity contribution in [2.45, 2.75) is 12.8 Å². The van der Waals surface area contributed by atoms with E-state index >= 15 is 0 Å². The highest BCUT2D eigenvalue weighted by atomic mass is 16.1. The average molecular weight is 489 g/mol. The molecule has 184 valence electrons. The van der Waals surface area contributed by atoms with E-state index < -0.39 is 0 Å². The lowest BCUT2D eigenvalue weighted by atomic mass is 10.1. The number of pyridine rings is 2. The van der Waals surface area contributed by atoms with Crippen LogP contribution in [0.3, 0.4) is 0 Å². The highest BCUT2D eigenvalue weighted by Crippen LogP contribution is 2.25. The topological polar surface area (TPSA) is 61.5 Å². The van der Waals surface area contributed by atoms with Gasteiger partial charge in [0.1, 0.15) is 0 Å². The van der Waals surface area contributed by atoms with Crippen LogP contribution in [0.25, 0.3) is 32.3 Å². The summed E-state index contributed by atoms with van der Waals surface area (Å²) in [6.07, 6.45) is 7.69. The van der Waals surface area contributed by atoms with Gasteiger partial charge in [0, 0.05) is 61.7 Å². The number of hydrogen-bond acceptors (Lipinski definition) is 4. The van der Waals surface area contributed by atoms with Gasteiger partial charge >= 0.3 is 0 Å². The van der Waals surface area contributed by atoms with Crippen molar-refractivity contribution in [1.29, 1.82) is 0 Å². The lowest BCUT2D eigenvalue weighted by Crippen LogP contribution is -2.46. The van der Waals surface area contributed by atoms with Crippen LogP contribution >= 0.6 is 0 Å². The molecule has 7 nitrogen and oxygen atoms in total. The van der Waals surface area contributed by atoms with E-state index in [1.54, 1.807) is 23.0 Å². The number of nitrogens with zero attached hydrogens (tertiary/aromatic N) is 5. The zero-order chi connectivity index (χ0) is 25.2. The Morgan fingerprint density at radius 1 is 0.946 bits per heavy atom. The molecule has 0 saturated carbocycles. The van der Waals surface area contributed by atoms with E-state index in [1.807, 2.05) is 42.5 Å². The molecule has 1 saturated heterocycles. The standard InChI is InChI=1S/C30H28N6O/c1-31-23-6-11-28-27(20-23)22(21-33-28)4-3-14-34-16-18-35(19-17-34)24-7-9-25(10-8-24)36-15-12-29-26(30(36)37)5-2-13-32-29/h2,5-13,15,20-21,33H,3-4,14,16-19H2. The molecule has 1 aliphatic rings. The van der Waals surface area contributed by atoms with Crippen molar-refractivity contribution in [2.24, 2.45) is 0 Å². The van der Waals surface area contributed by atoms with Gasteiger partial charge in [-0.05, 0) is 84.9 Å². The zero-order valence-corrected chi connectivity index (χ0v) is 20.6. The molecule has 0 bridgehead atoms. The van der Waals surface area contributed by atoms with Crippen molar-refractivity contribution in [3.05, 3.63) is 107 Å². The minimum Gasteiger partial charge on any atom is -0.369 e. The van der Waals surface area contributed by atoms with Gasteiger partial charge in [-0.25, -0.2) is 4.85 Å². The quantitative estimate of drug-likeness (QED) is 0.335. The minimum absolute atomic E-state index is 0.0496. The van der Waals surface area contributed by atoms with E-state index in [1.165, 1.54) is 16.6 Å². The van der Waals surface area contributed by atoms with E-state index in [-0.39, 0.29) is 5.56 Å². The SMILES string of the molecule is [C-]#[N+]c1ccc2[nH]cc(CCCN3CCN(c4ccc(-n5ccc6ncccc6c5=O)cc4)CC3)c2c1. The Bertz CT molecular complexity index is 1650. The number of hydrogen-bond donors (Lipinski definition) is 1. The van der Waals surface area contributed by atoms with Crippen LogP contribution in [-0.2, 0) is 6.42 Å². The first-order chi connectivity index (χ1) is 18.2. The Hall–Kier alpha value is -4.41. The van der Waals surface area contributed by atoms with Crippen LogP contribution in [0.4, 0.5) is 11.4 Å². The maximum atomic E-state index is 12.9. The third-order valence-electron chi connectivity index (χ3n) is 7.34. The maximum Gasteiger partial charge on any atom is 0.264 e.